The summed E-state index contributed by atoms with van der Waals surface area (Å²) < 4.78 is 27.6. The van der Waals surface area contributed by atoms with Crippen molar-refractivity contribution in [2.45, 2.75) is 6.92 Å². The average molecular weight is 326 g/mol. The molecule has 6 heteroatoms. The lowest BCUT2D eigenvalue weighted by Crippen LogP contribution is -2.14. The summed E-state index contributed by atoms with van der Waals surface area (Å²) in [6.07, 6.45) is 0. The minimum Gasteiger partial charge on any atom is -0.335 e. The number of para-hydroxylation sites is 2. The first kappa shape index (κ1) is 15.9. The molecule has 0 atom stereocenters. The maximum Gasteiger partial charge on any atom is 0.231 e. The summed E-state index contributed by atoms with van der Waals surface area (Å²) >= 11 is 0. The minimum absolute atomic E-state index is 0.232. The van der Waals surface area contributed by atoms with Crippen LogP contribution in [-0.2, 0) is 0 Å². The van der Waals surface area contributed by atoms with Crippen molar-refractivity contribution in [3.8, 4) is 0 Å². The quantitative estimate of drug-likeness (QED) is 0.762. The van der Waals surface area contributed by atoms with E-state index in [2.05, 4.69) is 15.3 Å². The van der Waals surface area contributed by atoms with E-state index in [4.69, 9.17) is 0 Å². The van der Waals surface area contributed by atoms with Crippen LogP contribution in [0.3, 0.4) is 0 Å². The van der Waals surface area contributed by atoms with Crippen molar-refractivity contribution >= 4 is 23.1 Å². The van der Waals surface area contributed by atoms with Gasteiger partial charge in [-0.3, -0.25) is 0 Å². The second-order valence-corrected chi connectivity index (χ2v) is 5.31. The highest BCUT2D eigenvalue weighted by Crippen LogP contribution is 2.25. The third-order valence-corrected chi connectivity index (χ3v) is 3.50. The van der Waals surface area contributed by atoms with Crippen LogP contribution in [0.2, 0.25) is 0 Å². The predicted octanol–water partition coefficient (Wildman–Crippen LogP) is 4.57. The molecule has 3 rings (SSSR count). The second kappa shape index (κ2) is 6.62. The Labute approximate surface area is 138 Å². The molecule has 1 N–H and O–H groups in total. The van der Waals surface area contributed by atoms with Gasteiger partial charge in [-0.1, -0.05) is 24.3 Å². The number of benzene rings is 2. The number of hydrogen-bond donors (Lipinski definition) is 1. The van der Waals surface area contributed by atoms with E-state index >= 15 is 0 Å². The SMILES string of the molecule is Cc1cc(Nc2c(F)cccc2F)nc(N(C)c2ccccc2)n1. The standard InChI is InChI=1S/C18H16F2N4/c1-12-11-16(22-17-14(19)9-6-10-15(17)20)23-18(21-12)24(2)13-7-4-3-5-8-13/h3-11H,1-2H3,(H,21,22,23). The first-order chi connectivity index (χ1) is 11.5. The van der Waals surface area contributed by atoms with Gasteiger partial charge in [0.2, 0.25) is 5.95 Å². The molecular weight excluding hydrogens is 310 g/mol. The number of hydrogen-bond acceptors (Lipinski definition) is 4. The minimum atomic E-state index is -0.677. The molecule has 0 amide bonds. The van der Waals surface area contributed by atoms with E-state index < -0.39 is 11.6 Å². The number of nitrogens with zero attached hydrogens (tertiary/aromatic N) is 3. The number of rotatable bonds is 4. The van der Waals surface area contributed by atoms with Gasteiger partial charge in [-0.05, 0) is 31.2 Å². The summed E-state index contributed by atoms with van der Waals surface area (Å²) in [5.74, 6) is -0.599. The first-order valence-corrected chi connectivity index (χ1v) is 7.40. The van der Waals surface area contributed by atoms with E-state index in [1.807, 2.05) is 37.4 Å². The van der Waals surface area contributed by atoms with Crippen LogP contribution in [0.15, 0.2) is 54.6 Å². The molecule has 0 aliphatic carbocycles. The van der Waals surface area contributed by atoms with Crippen molar-refractivity contribution < 1.29 is 8.78 Å². The molecule has 0 radical (unpaired) electrons. The highest BCUT2D eigenvalue weighted by molar-refractivity contribution is 5.62. The molecule has 4 nitrogen and oxygen atoms in total. The van der Waals surface area contributed by atoms with Gasteiger partial charge in [-0.2, -0.15) is 4.98 Å². The molecule has 3 aromatic rings. The highest BCUT2D eigenvalue weighted by atomic mass is 19.1. The van der Waals surface area contributed by atoms with Crippen LogP contribution in [0.25, 0.3) is 0 Å². The fourth-order valence-electron chi connectivity index (χ4n) is 2.28. The van der Waals surface area contributed by atoms with Crippen LogP contribution >= 0.6 is 0 Å². The van der Waals surface area contributed by atoms with Gasteiger partial charge in [0.15, 0.2) is 0 Å². The van der Waals surface area contributed by atoms with Gasteiger partial charge in [0.05, 0.1) is 0 Å². The topological polar surface area (TPSA) is 41.1 Å². The number of aromatic nitrogens is 2. The van der Waals surface area contributed by atoms with E-state index in [9.17, 15) is 8.78 Å². The van der Waals surface area contributed by atoms with Crippen molar-refractivity contribution in [1.29, 1.82) is 0 Å². The number of aryl methyl sites for hydroxylation is 1. The molecule has 2 aromatic carbocycles. The number of halogens is 2. The van der Waals surface area contributed by atoms with Gasteiger partial charge < -0.3 is 10.2 Å². The molecule has 0 saturated carbocycles. The third kappa shape index (κ3) is 3.32. The van der Waals surface area contributed by atoms with Gasteiger partial charge in [-0.25, -0.2) is 13.8 Å². The smallest absolute Gasteiger partial charge is 0.231 e. The first-order valence-electron chi connectivity index (χ1n) is 7.40. The van der Waals surface area contributed by atoms with E-state index in [0.717, 1.165) is 5.69 Å². The second-order valence-electron chi connectivity index (χ2n) is 5.31. The van der Waals surface area contributed by atoms with E-state index in [1.165, 1.54) is 18.2 Å². The summed E-state index contributed by atoms with van der Waals surface area (Å²) in [5, 5.41) is 2.70. The summed E-state index contributed by atoms with van der Waals surface area (Å²) in [6.45, 7) is 1.80. The predicted molar refractivity (Wildman–Crippen MR) is 90.9 cm³/mol. The van der Waals surface area contributed by atoms with Crippen LogP contribution in [0.4, 0.5) is 31.9 Å². The molecule has 122 valence electrons. The summed E-state index contributed by atoms with van der Waals surface area (Å²) in [7, 11) is 1.83. The molecule has 1 aromatic heterocycles. The van der Waals surface area contributed by atoms with Crippen LogP contribution in [0, 0.1) is 18.6 Å². The Morgan fingerprint density at radius 1 is 0.917 bits per heavy atom. The number of nitrogens with one attached hydrogen (secondary N) is 1. The summed E-state index contributed by atoms with van der Waals surface area (Å²) in [4.78, 5) is 10.5. The Morgan fingerprint density at radius 3 is 2.25 bits per heavy atom. The van der Waals surface area contributed by atoms with Gasteiger partial charge >= 0.3 is 0 Å². The molecule has 0 saturated heterocycles. The maximum absolute atomic E-state index is 13.8. The lowest BCUT2D eigenvalue weighted by Gasteiger charge is -2.18. The van der Waals surface area contributed by atoms with E-state index in [1.54, 1.807) is 17.9 Å². The van der Waals surface area contributed by atoms with Crippen LogP contribution in [0.1, 0.15) is 5.69 Å². The molecule has 0 aliphatic heterocycles. The third-order valence-electron chi connectivity index (χ3n) is 3.50. The van der Waals surface area contributed by atoms with Crippen molar-refractivity contribution in [2.24, 2.45) is 0 Å². The van der Waals surface area contributed by atoms with Gasteiger partial charge in [0.1, 0.15) is 23.1 Å². The monoisotopic (exact) mass is 326 g/mol. The number of anilines is 4. The Kier molecular flexibility index (Phi) is 4.37. The normalized spacial score (nSPS) is 10.5. The van der Waals surface area contributed by atoms with Crippen LogP contribution in [-0.4, -0.2) is 17.0 Å². The lowest BCUT2D eigenvalue weighted by molar-refractivity contribution is 0.590. The molecule has 1 heterocycles. The lowest BCUT2D eigenvalue weighted by atomic mass is 10.3. The van der Waals surface area contributed by atoms with Crippen LogP contribution < -0.4 is 10.2 Å². The summed E-state index contributed by atoms with van der Waals surface area (Å²) in [6, 6.07) is 14.9. The van der Waals surface area contributed by atoms with Crippen molar-refractivity contribution in [1.82, 2.24) is 9.97 Å². The van der Waals surface area contributed by atoms with Crippen molar-refractivity contribution in [2.75, 3.05) is 17.3 Å². The van der Waals surface area contributed by atoms with Crippen molar-refractivity contribution in [3.05, 3.63) is 71.9 Å². The van der Waals surface area contributed by atoms with Gasteiger partial charge in [0, 0.05) is 24.5 Å². The van der Waals surface area contributed by atoms with E-state index in [-0.39, 0.29) is 5.69 Å². The maximum atomic E-state index is 13.8. The average Bonchev–Trinajstić information content (AvgIpc) is 2.58. The fraction of sp³-hybridized carbons (Fsp3) is 0.111. The molecule has 0 fully saturated rings. The van der Waals surface area contributed by atoms with E-state index in [0.29, 0.717) is 17.5 Å². The van der Waals surface area contributed by atoms with Crippen molar-refractivity contribution in [3.63, 3.8) is 0 Å². The molecule has 0 unspecified atom stereocenters. The summed E-state index contributed by atoms with van der Waals surface area (Å²) in [5.41, 5.74) is 1.36. The van der Waals surface area contributed by atoms with Gasteiger partial charge in [0.25, 0.3) is 0 Å². The highest BCUT2D eigenvalue weighted by Gasteiger charge is 2.13. The van der Waals surface area contributed by atoms with Gasteiger partial charge in [-0.15, -0.1) is 0 Å². The Balaban J connectivity index is 1.95. The Morgan fingerprint density at radius 2 is 1.58 bits per heavy atom. The molecule has 0 spiro atoms. The Hall–Kier alpha value is -3.02. The molecule has 24 heavy (non-hydrogen) atoms. The van der Waals surface area contributed by atoms with Crippen LogP contribution in [0.5, 0.6) is 0 Å². The Bertz CT molecular complexity index is 833. The fourth-order valence-corrected chi connectivity index (χ4v) is 2.28. The zero-order valence-corrected chi connectivity index (χ0v) is 13.3. The zero-order chi connectivity index (χ0) is 17.1. The zero-order valence-electron chi connectivity index (χ0n) is 13.3. The molecule has 0 bridgehead atoms. The molecular formula is C18H16F2N4. The largest absolute Gasteiger partial charge is 0.335 e. The molecule has 0 aliphatic rings.